The van der Waals surface area contributed by atoms with Crippen LogP contribution in [0.25, 0.3) is 0 Å². The van der Waals surface area contributed by atoms with Crippen molar-refractivity contribution in [2.75, 3.05) is 27.9 Å². The van der Waals surface area contributed by atoms with Gasteiger partial charge in [0, 0.05) is 41.3 Å². The topological polar surface area (TPSA) is 138 Å². The van der Waals surface area contributed by atoms with Gasteiger partial charge in [0.15, 0.2) is 12.2 Å². The van der Waals surface area contributed by atoms with Crippen LogP contribution in [0.4, 0.5) is 0 Å². The summed E-state index contributed by atoms with van der Waals surface area (Å²) in [6, 6.07) is 7.59. The van der Waals surface area contributed by atoms with Crippen LogP contribution >= 0.6 is 0 Å². The van der Waals surface area contributed by atoms with Gasteiger partial charge in [-0.05, 0) is 17.7 Å². The van der Waals surface area contributed by atoms with Crippen molar-refractivity contribution in [3.8, 4) is 5.75 Å². The van der Waals surface area contributed by atoms with Crippen molar-refractivity contribution in [2.24, 2.45) is 10.3 Å². The van der Waals surface area contributed by atoms with E-state index in [9.17, 15) is 14.4 Å². The first kappa shape index (κ1) is 27.3. The lowest BCUT2D eigenvalue weighted by atomic mass is 9.97. The van der Waals surface area contributed by atoms with Crippen LogP contribution in [-0.4, -0.2) is 92.7 Å². The Kier molecular flexibility index (Phi) is 9.18. The Balaban J connectivity index is 1.86. The molecule has 198 valence electrons. The Labute approximate surface area is 209 Å². The second-order valence-corrected chi connectivity index (χ2v) is 8.35. The quantitative estimate of drug-likeness (QED) is 0.352. The molecule has 3 rings (SSSR count). The van der Waals surface area contributed by atoms with E-state index in [4.69, 9.17) is 28.4 Å². The maximum Gasteiger partial charge on any atom is 0.303 e. The van der Waals surface area contributed by atoms with Crippen molar-refractivity contribution in [3.63, 3.8) is 0 Å². The lowest BCUT2D eigenvalue weighted by Gasteiger charge is -2.47. The van der Waals surface area contributed by atoms with Gasteiger partial charge in [0.2, 0.25) is 6.23 Å². The minimum Gasteiger partial charge on any atom is -0.497 e. The maximum atomic E-state index is 12.0. The Hall–Kier alpha value is -3.29. The van der Waals surface area contributed by atoms with E-state index < -0.39 is 48.6 Å². The van der Waals surface area contributed by atoms with E-state index in [-0.39, 0.29) is 12.8 Å². The molecule has 0 amide bonds. The molecule has 2 aliphatic rings. The molecular formula is C23H32N4O9. The number of hydrazine groups is 1. The van der Waals surface area contributed by atoms with E-state index in [2.05, 4.69) is 10.3 Å². The van der Waals surface area contributed by atoms with Crippen LogP contribution < -0.4 is 4.74 Å². The highest BCUT2D eigenvalue weighted by Gasteiger charge is 2.54. The molecule has 1 fully saturated rings. The number of ether oxygens (including phenoxy) is 6. The summed E-state index contributed by atoms with van der Waals surface area (Å²) < 4.78 is 33.2. The van der Waals surface area contributed by atoms with Gasteiger partial charge in [0.25, 0.3) is 0 Å². The Morgan fingerprint density at radius 1 is 0.944 bits per heavy atom. The molecule has 0 bridgehead atoms. The van der Waals surface area contributed by atoms with Crippen molar-refractivity contribution in [2.45, 2.75) is 64.0 Å². The summed E-state index contributed by atoms with van der Waals surface area (Å²) in [5.41, 5.74) is 1.01. The normalized spacial score (nSPS) is 28.0. The van der Waals surface area contributed by atoms with E-state index in [0.29, 0.717) is 6.42 Å². The van der Waals surface area contributed by atoms with Crippen LogP contribution in [0.5, 0.6) is 5.75 Å². The SMILES string of the molecule is COc1ccc(CC2N=NN(C3OC(COC(C)=O)C(OC(C)=O)C(OC)C3OC(C)=O)N2C)cc1. The molecule has 13 nitrogen and oxygen atoms in total. The van der Waals surface area contributed by atoms with Gasteiger partial charge in [0.1, 0.15) is 30.7 Å². The van der Waals surface area contributed by atoms with Gasteiger partial charge in [0.05, 0.1) is 7.11 Å². The highest BCUT2D eigenvalue weighted by atomic mass is 16.7. The number of methoxy groups -OCH3 is 2. The average Bonchev–Trinajstić information content (AvgIpc) is 3.18. The molecular weight excluding hydrogens is 476 g/mol. The number of rotatable bonds is 9. The third kappa shape index (κ3) is 6.47. The van der Waals surface area contributed by atoms with Crippen molar-refractivity contribution >= 4 is 17.9 Å². The molecule has 0 spiro atoms. The number of carbonyl (C=O) groups excluding carboxylic acids is 3. The molecule has 0 N–H and O–H groups in total. The fraction of sp³-hybridized carbons (Fsp3) is 0.609. The van der Waals surface area contributed by atoms with Crippen molar-refractivity contribution in [3.05, 3.63) is 29.8 Å². The summed E-state index contributed by atoms with van der Waals surface area (Å²) in [6.07, 6.45) is -4.80. The first-order valence-electron chi connectivity index (χ1n) is 11.4. The third-order valence-corrected chi connectivity index (χ3v) is 5.77. The van der Waals surface area contributed by atoms with Crippen molar-refractivity contribution in [1.82, 2.24) is 10.1 Å². The van der Waals surface area contributed by atoms with E-state index in [1.807, 2.05) is 24.3 Å². The molecule has 36 heavy (non-hydrogen) atoms. The van der Waals surface area contributed by atoms with E-state index in [1.165, 1.54) is 33.0 Å². The van der Waals surface area contributed by atoms with Crippen LogP contribution in [-0.2, 0) is 44.5 Å². The van der Waals surface area contributed by atoms with E-state index >= 15 is 0 Å². The number of hydrogen-bond donors (Lipinski definition) is 0. The van der Waals surface area contributed by atoms with Gasteiger partial charge in [-0.3, -0.25) is 14.4 Å². The maximum absolute atomic E-state index is 12.0. The molecule has 1 aromatic carbocycles. The molecule has 0 saturated carbocycles. The second kappa shape index (κ2) is 12.1. The minimum atomic E-state index is -1.05. The highest BCUT2D eigenvalue weighted by molar-refractivity contribution is 5.67. The zero-order valence-corrected chi connectivity index (χ0v) is 21.2. The summed E-state index contributed by atoms with van der Waals surface area (Å²) >= 11 is 0. The summed E-state index contributed by atoms with van der Waals surface area (Å²) in [5.74, 6) is -0.987. The summed E-state index contributed by atoms with van der Waals surface area (Å²) in [6.45, 7) is 3.51. The first-order chi connectivity index (χ1) is 17.1. The average molecular weight is 509 g/mol. The molecule has 0 aromatic heterocycles. The smallest absolute Gasteiger partial charge is 0.303 e. The highest BCUT2D eigenvalue weighted by Crippen LogP contribution is 2.33. The fourth-order valence-electron chi connectivity index (χ4n) is 4.10. The summed E-state index contributed by atoms with van der Waals surface area (Å²) in [7, 11) is 4.76. The molecule has 1 saturated heterocycles. The molecule has 1 aromatic rings. The van der Waals surface area contributed by atoms with Crippen LogP contribution in [0.3, 0.4) is 0 Å². The van der Waals surface area contributed by atoms with Crippen molar-refractivity contribution < 1.29 is 42.8 Å². The number of benzene rings is 1. The van der Waals surface area contributed by atoms with Crippen molar-refractivity contribution in [1.29, 1.82) is 0 Å². The van der Waals surface area contributed by atoms with E-state index in [0.717, 1.165) is 11.3 Å². The number of hydrogen-bond acceptors (Lipinski definition) is 13. The molecule has 2 heterocycles. The summed E-state index contributed by atoms with van der Waals surface area (Å²) in [4.78, 5) is 35.3. The van der Waals surface area contributed by atoms with Crippen LogP contribution in [0.1, 0.15) is 26.3 Å². The van der Waals surface area contributed by atoms with E-state index in [1.54, 1.807) is 19.2 Å². The number of carbonyl (C=O) groups is 3. The van der Waals surface area contributed by atoms with Crippen LogP contribution in [0.2, 0.25) is 0 Å². The lowest BCUT2D eigenvalue weighted by Crippen LogP contribution is -2.66. The molecule has 6 atom stereocenters. The molecule has 0 aliphatic carbocycles. The predicted octanol–water partition coefficient (Wildman–Crippen LogP) is 1.26. The third-order valence-electron chi connectivity index (χ3n) is 5.77. The second-order valence-electron chi connectivity index (χ2n) is 8.35. The zero-order valence-electron chi connectivity index (χ0n) is 21.2. The summed E-state index contributed by atoms with van der Waals surface area (Å²) in [5, 5.41) is 11.8. The Morgan fingerprint density at radius 3 is 2.14 bits per heavy atom. The zero-order chi connectivity index (χ0) is 26.4. The molecule has 0 radical (unpaired) electrons. The van der Waals surface area contributed by atoms with Crippen LogP contribution in [0, 0.1) is 0 Å². The molecule has 6 unspecified atom stereocenters. The van der Waals surface area contributed by atoms with Gasteiger partial charge in [-0.15, -0.1) is 5.11 Å². The Bertz CT molecular complexity index is 957. The predicted molar refractivity (Wildman–Crippen MR) is 122 cm³/mol. The molecule has 13 heteroatoms. The standard InChI is InChI=1S/C23H32N4O9/c1-13(28)33-12-18-20(34-14(2)29)21(32-6)22(35-15(3)30)23(36-18)27-25-24-19(26(27)4)11-16-7-9-17(31-5)10-8-16/h7-10,18-23H,11-12H2,1-6H3. The first-order valence-corrected chi connectivity index (χ1v) is 11.4. The fourth-order valence-corrected chi connectivity index (χ4v) is 4.10. The number of nitrogens with zero attached hydrogens (tertiary/aromatic N) is 4. The Morgan fingerprint density at radius 2 is 1.58 bits per heavy atom. The monoisotopic (exact) mass is 508 g/mol. The van der Waals surface area contributed by atoms with Gasteiger partial charge >= 0.3 is 17.9 Å². The van der Waals surface area contributed by atoms with Gasteiger partial charge in [-0.25, -0.2) is 0 Å². The minimum absolute atomic E-state index is 0.222. The molecule has 2 aliphatic heterocycles. The number of likely N-dealkylation sites (N-methyl/N-ethyl adjacent to an activating group) is 1. The van der Waals surface area contributed by atoms with Gasteiger partial charge in [-0.1, -0.05) is 17.4 Å². The van der Waals surface area contributed by atoms with Gasteiger partial charge in [-0.2, -0.15) is 10.1 Å². The van der Waals surface area contributed by atoms with Gasteiger partial charge < -0.3 is 28.4 Å². The largest absolute Gasteiger partial charge is 0.497 e. The number of esters is 3. The lowest BCUT2D eigenvalue weighted by molar-refractivity contribution is -0.301. The van der Waals surface area contributed by atoms with Crippen LogP contribution in [0.15, 0.2) is 34.6 Å².